The summed E-state index contributed by atoms with van der Waals surface area (Å²) in [7, 11) is 0. The molecule has 0 fully saturated rings. The normalized spacial score (nSPS) is 12.3. The molecule has 1 amide bonds. The minimum atomic E-state index is -0.661. The zero-order chi connectivity index (χ0) is 66.3. The molecule has 0 spiro atoms. The Morgan fingerprint density at radius 3 is 0.663 bits per heavy atom. The van der Waals surface area contributed by atoms with E-state index < -0.39 is 12.1 Å². The minimum Gasteiger partial charge on any atom is -0.466 e. The van der Waals surface area contributed by atoms with Crippen molar-refractivity contribution in [1.82, 2.24) is 5.32 Å². The van der Waals surface area contributed by atoms with E-state index in [0.717, 1.165) is 38.5 Å². The number of unbranched alkanes of at least 4 members (excludes halogenated alkanes) is 72. The van der Waals surface area contributed by atoms with Gasteiger partial charge in [-0.1, -0.05) is 476 Å². The molecule has 550 valence electrons. The molecule has 0 saturated carbocycles. The molecule has 0 aromatic carbocycles. The number of ether oxygens (including phenoxy) is 1. The Morgan fingerprint density at radius 1 is 0.261 bits per heavy atom. The van der Waals surface area contributed by atoms with Crippen LogP contribution in [0.15, 0.2) is 0 Å². The second kappa shape index (κ2) is 82.3. The van der Waals surface area contributed by atoms with Crippen molar-refractivity contribution >= 4 is 11.9 Å². The van der Waals surface area contributed by atoms with E-state index in [4.69, 9.17) is 4.74 Å². The number of carbonyl (C=O) groups is 2. The molecule has 3 N–H and O–H groups in total. The maximum atomic E-state index is 12.6. The highest BCUT2D eigenvalue weighted by Crippen LogP contribution is 2.21. The van der Waals surface area contributed by atoms with Crippen molar-refractivity contribution < 1.29 is 24.5 Å². The first-order valence-corrected chi connectivity index (χ1v) is 43.3. The molecule has 0 aromatic rings. The summed E-state index contributed by atoms with van der Waals surface area (Å²) in [6.45, 7) is 5.03. The Bertz CT molecular complexity index is 1360. The largest absolute Gasteiger partial charge is 0.466 e. The van der Waals surface area contributed by atoms with Gasteiger partial charge in [0.25, 0.3) is 0 Å². The number of hydrogen-bond acceptors (Lipinski definition) is 5. The van der Waals surface area contributed by atoms with E-state index in [1.54, 1.807) is 0 Å². The van der Waals surface area contributed by atoms with Gasteiger partial charge in [0.15, 0.2) is 0 Å². The summed E-state index contributed by atoms with van der Waals surface area (Å²) in [5.74, 6) is 0.00508. The molecule has 0 radical (unpaired) electrons. The molecule has 0 aliphatic carbocycles. The maximum absolute atomic E-state index is 12.6. The number of nitrogens with one attached hydrogen (secondary N) is 1. The van der Waals surface area contributed by atoms with E-state index >= 15 is 0 Å². The van der Waals surface area contributed by atoms with Gasteiger partial charge in [-0.15, -0.1) is 0 Å². The average molecular weight is 1300 g/mol. The molecule has 0 aliphatic rings. The lowest BCUT2D eigenvalue weighted by Crippen LogP contribution is -2.45. The SMILES string of the molecule is CCCCCCCCCCCCCCCCCCCCCCCCCCC(O)C(CO)NC(=O)CCCCCCCCCCCCCCCCCCCCCCCCCCCCCCCCCCCCCCCOC(=O)CCCCCCCCCCCCCCCC. The van der Waals surface area contributed by atoms with Gasteiger partial charge < -0.3 is 20.3 Å². The van der Waals surface area contributed by atoms with E-state index in [9.17, 15) is 19.8 Å². The van der Waals surface area contributed by atoms with Crippen LogP contribution < -0.4 is 5.32 Å². The standard InChI is InChI=1S/C86H171NO5/c1-3-5-7-9-11-13-15-17-19-20-21-22-23-39-42-45-48-51-54-58-62-66-70-74-78-84(89)83(82-88)87-85(90)79-75-71-67-63-59-55-52-49-46-43-40-37-35-33-31-29-27-25-24-26-28-30-32-34-36-38-41-44-47-50-53-57-61-65-69-73-77-81-92-86(91)80-76-72-68-64-60-56-18-16-14-12-10-8-6-4-2/h83-84,88-89H,3-82H2,1-2H3,(H,87,90). The Balaban J connectivity index is 3.30. The number of rotatable bonds is 83. The third-order valence-corrected chi connectivity index (χ3v) is 20.9. The number of carbonyl (C=O) groups excluding carboxylic acids is 2. The molecule has 6 heteroatoms. The van der Waals surface area contributed by atoms with Crippen LogP contribution >= 0.6 is 0 Å². The van der Waals surface area contributed by atoms with Crippen LogP contribution in [-0.4, -0.2) is 47.4 Å². The maximum Gasteiger partial charge on any atom is 0.305 e. The number of aliphatic hydroxyl groups excluding tert-OH is 2. The molecule has 0 aromatic heterocycles. The van der Waals surface area contributed by atoms with Gasteiger partial charge in [0, 0.05) is 12.8 Å². The Labute approximate surface area is 578 Å². The molecule has 0 aliphatic heterocycles. The van der Waals surface area contributed by atoms with Gasteiger partial charge in [0.1, 0.15) is 0 Å². The van der Waals surface area contributed by atoms with Crippen LogP contribution in [0.4, 0.5) is 0 Å². The van der Waals surface area contributed by atoms with Crippen molar-refractivity contribution in [2.24, 2.45) is 0 Å². The molecular formula is C86H171NO5. The monoisotopic (exact) mass is 1300 g/mol. The fourth-order valence-corrected chi connectivity index (χ4v) is 14.4. The number of amides is 1. The minimum absolute atomic E-state index is 0.0222. The van der Waals surface area contributed by atoms with Crippen molar-refractivity contribution in [3.05, 3.63) is 0 Å². The lowest BCUT2D eigenvalue weighted by atomic mass is 10.0. The molecule has 0 saturated heterocycles. The highest BCUT2D eigenvalue weighted by Gasteiger charge is 2.20. The molecule has 92 heavy (non-hydrogen) atoms. The quantitative estimate of drug-likeness (QED) is 0.0417. The van der Waals surface area contributed by atoms with Gasteiger partial charge in [0.05, 0.1) is 25.4 Å². The van der Waals surface area contributed by atoms with Gasteiger partial charge in [0.2, 0.25) is 5.91 Å². The van der Waals surface area contributed by atoms with Crippen LogP contribution in [0, 0.1) is 0 Å². The Hall–Kier alpha value is -1.14. The first kappa shape index (κ1) is 90.9. The van der Waals surface area contributed by atoms with Crippen LogP contribution in [-0.2, 0) is 14.3 Å². The zero-order valence-electron chi connectivity index (χ0n) is 63.3. The average Bonchev–Trinajstić information content (AvgIpc) is 3.54. The first-order chi connectivity index (χ1) is 45.5. The van der Waals surface area contributed by atoms with Crippen LogP contribution in [0.3, 0.4) is 0 Å². The van der Waals surface area contributed by atoms with Crippen molar-refractivity contribution in [2.45, 2.75) is 527 Å². The summed E-state index contributed by atoms with van der Waals surface area (Å²) in [6.07, 6.45) is 104. The smallest absolute Gasteiger partial charge is 0.305 e. The second-order valence-corrected chi connectivity index (χ2v) is 30.2. The Morgan fingerprint density at radius 2 is 0.446 bits per heavy atom. The van der Waals surface area contributed by atoms with E-state index in [0.29, 0.717) is 25.9 Å². The highest BCUT2D eigenvalue weighted by atomic mass is 16.5. The fourth-order valence-electron chi connectivity index (χ4n) is 14.4. The molecule has 2 unspecified atom stereocenters. The van der Waals surface area contributed by atoms with E-state index in [-0.39, 0.29) is 18.5 Å². The molecule has 0 heterocycles. The number of hydrogen-bond donors (Lipinski definition) is 3. The third-order valence-electron chi connectivity index (χ3n) is 20.9. The summed E-state index contributed by atoms with van der Waals surface area (Å²) < 4.78 is 5.51. The lowest BCUT2D eigenvalue weighted by molar-refractivity contribution is -0.143. The number of aliphatic hydroxyl groups is 2. The Kier molecular flexibility index (Phi) is 81.3. The fraction of sp³-hybridized carbons (Fsp3) is 0.977. The van der Waals surface area contributed by atoms with Gasteiger partial charge in [-0.2, -0.15) is 0 Å². The van der Waals surface area contributed by atoms with Gasteiger partial charge in [-0.25, -0.2) is 0 Å². The van der Waals surface area contributed by atoms with Crippen molar-refractivity contribution in [2.75, 3.05) is 13.2 Å². The predicted octanol–water partition coefficient (Wildman–Crippen LogP) is 28.8. The van der Waals surface area contributed by atoms with Crippen LogP contribution in [0.2, 0.25) is 0 Å². The summed E-state index contributed by atoms with van der Waals surface area (Å²) in [4.78, 5) is 24.7. The molecule has 0 rings (SSSR count). The van der Waals surface area contributed by atoms with Gasteiger partial charge in [-0.05, 0) is 25.7 Å². The summed E-state index contributed by atoms with van der Waals surface area (Å²) in [5.41, 5.74) is 0. The summed E-state index contributed by atoms with van der Waals surface area (Å²) in [6, 6.07) is -0.538. The second-order valence-electron chi connectivity index (χ2n) is 30.2. The van der Waals surface area contributed by atoms with Crippen LogP contribution in [0.5, 0.6) is 0 Å². The lowest BCUT2D eigenvalue weighted by Gasteiger charge is -2.22. The summed E-state index contributed by atoms with van der Waals surface area (Å²) in [5, 5.41) is 23.5. The van der Waals surface area contributed by atoms with E-state index in [2.05, 4.69) is 19.2 Å². The highest BCUT2D eigenvalue weighted by molar-refractivity contribution is 5.76. The van der Waals surface area contributed by atoms with Crippen molar-refractivity contribution in [3.63, 3.8) is 0 Å². The number of esters is 1. The zero-order valence-corrected chi connectivity index (χ0v) is 63.3. The van der Waals surface area contributed by atoms with Crippen LogP contribution in [0.25, 0.3) is 0 Å². The molecule has 6 nitrogen and oxygen atoms in total. The van der Waals surface area contributed by atoms with Crippen LogP contribution in [0.1, 0.15) is 515 Å². The third kappa shape index (κ3) is 77.9. The summed E-state index contributed by atoms with van der Waals surface area (Å²) >= 11 is 0. The predicted molar refractivity (Wildman–Crippen MR) is 407 cm³/mol. The van der Waals surface area contributed by atoms with Crippen molar-refractivity contribution in [1.29, 1.82) is 0 Å². The van der Waals surface area contributed by atoms with Gasteiger partial charge in [-0.3, -0.25) is 9.59 Å². The van der Waals surface area contributed by atoms with E-state index in [1.165, 1.54) is 443 Å². The van der Waals surface area contributed by atoms with Crippen molar-refractivity contribution in [3.8, 4) is 0 Å². The molecule has 0 bridgehead atoms. The first-order valence-electron chi connectivity index (χ1n) is 43.3. The van der Waals surface area contributed by atoms with Gasteiger partial charge >= 0.3 is 5.97 Å². The van der Waals surface area contributed by atoms with E-state index in [1.807, 2.05) is 0 Å². The molecule has 2 atom stereocenters. The topological polar surface area (TPSA) is 95.9 Å². The molecular weight excluding hydrogens is 1130 g/mol.